The highest BCUT2D eigenvalue weighted by molar-refractivity contribution is 5.60. The van der Waals surface area contributed by atoms with Crippen LogP contribution in [0.3, 0.4) is 0 Å². The van der Waals surface area contributed by atoms with Gasteiger partial charge in [-0.3, -0.25) is 0 Å². The van der Waals surface area contributed by atoms with E-state index in [2.05, 4.69) is 20.3 Å². The summed E-state index contributed by atoms with van der Waals surface area (Å²) in [5.74, 6) is 1.60. The van der Waals surface area contributed by atoms with Gasteiger partial charge in [-0.15, -0.1) is 0 Å². The summed E-state index contributed by atoms with van der Waals surface area (Å²) in [6.07, 6.45) is 3.54. The Morgan fingerprint density at radius 3 is 3.00 bits per heavy atom. The van der Waals surface area contributed by atoms with Crippen molar-refractivity contribution in [2.75, 3.05) is 32.5 Å². The molecule has 0 saturated carbocycles. The highest BCUT2D eigenvalue weighted by Gasteiger charge is 2.08. The second-order valence-electron chi connectivity index (χ2n) is 4.85. The Labute approximate surface area is 117 Å². The molecule has 0 aliphatic heterocycles. The van der Waals surface area contributed by atoms with Crippen LogP contribution in [-0.2, 0) is 0 Å². The molecule has 104 valence electrons. The molecular weight excluding hydrogens is 254 g/mol. The smallest absolute Gasteiger partial charge is 0.158 e. The minimum atomic E-state index is 0.748. The van der Waals surface area contributed by atoms with E-state index < -0.39 is 0 Å². The first-order chi connectivity index (χ1) is 9.72. The average Bonchev–Trinajstić information content (AvgIpc) is 3.06. The van der Waals surface area contributed by atoms with E-state index in [4.69, 9.17) is 4.42 Å². The van der Waals surface area contributed by atoms with Crippen molar-refractivity contribution in [2.45, 2.75) is 0 Å². The monoisotopic (exact) mass is 271 g/mol. The number of hydrogen-bond acceptors (Lipinski definition) is 5. The van der Waals surface area contributed by atoms with Gasteiger partial charge in [0.15, 0.2) is 11.4 Å². The quantitative estimate of drug-likeness (QED) is 0.768. The van der Waals surface area contributed by atoms with Crippen molar-refractivity contribution in [2.24, 2.45) is 0 Å². The molecule has 0 radical (unpaired) electrons. The van der Waals surface area contributed by atoms with Gasteiger partial charge < -0.3 is 14.6 Å². The fourth-order valence-corrected chi connectivity index (χ4v) is 1.93. The van der Waals surface area contributed by atoms with Gasteiger partial charge in [-0.1, -0.05) is 0 Å². The number of nitrogens with one attached hydrogen (secondary N) is 1. The first-order valence-corrected chi connectivity index (χ1v) is 6.51. The van der Waals surface area contributed by atoms with Crippen LogP contribution < -0.4 is 5.32 Å². The minimum absolute atomic E-state index is 0.748. The van der Waals surface area contributed by atoms with E-state index in [0.29, 0.717) is 0 Å². The highest BCUT2D eigenvalue weighted by atomic mass is 16.3. The summed E-state index contributed by atoms with van der Waals surface area (Å²) < 4.78 is 7.09. The topological polar surface area (TPSA) is 58.6 Å². The lowest BCUT2D eigenvalue weighted by atomic mass is 10.3. The van der Waals surface area contributed by atoms with Crippen LogP contribution in [0.1, 0.15) is 0 Å². The van der Waals surface area contributed by atoms with Crippen LogP contribution >= 0.6 is 0 Å². The maximum atomic E-state index is 5.35. The second-order valence-corrected chi connectivity index (χ2v) is 4.85. The number of fused-ring (bicyclic) bond motifs is 1. The number of anilines is 1. The van der Waals surface area contributed by atoms with Crippen LogP contribution in [-0.4, -0.2) is 46.7 Å². The zero-order valence-electron chi connectivity index (χ0n) is 11.6. The summed E-state index contributed by atoms with van der Waals surface area (Å²) in [6.45, 7) is 1.82. The minimum Gasteiger partial charge on any atom is -0.463 e. The Hall–Kier alpha value is -2.34. The molecule has 0 saturated heterocycles. The van der Waals surface area contributed by atoms with Crippen molar-refractivity contribution < 1.29 is 4.42 Å². The summed E-state index contributed by atoms with van der Waals surface area (Å²) >= 11 is 0. The van der Waals surface area contributed by atoms with Gasteiger partial charge in [0.1, 0.15) is 11.5 Å². The van der Waals surface area contributed by atoms with E-state index in [0.717, 1.165) is 36.0 Å². The number of hydrogen-bond donors (Lipinski definition) is 1. The first-order valence-electron chi connectivity index (χ1n) is 6.51. The summed E-state index contributed by atoms with van der Waals surface area (Å²) in [7, 11) is 4.09. The van der Waals surface area contributed by atoms with Crippen LogP contribution in [0.5, 0.6) is 0 Å². The lowest BCUT2D eigenvalue weighted by Gasteiger charge is -2.10. The highest BCUT2D eigenvalue weighted by Crippen LogP contribution is 2.19. The van der Waals surface area contributed by atoms with Gasteiger partial charge in [-0.05, 0) is 32.3 Å². The summed E-state index contributed by atoms with van der Waals surface area (Å²) in [4.78, 5) is 6.66. The Kier molecular flexibility index (Phi) is 3.39. The van der Waals surface area contributed by atoms with E-state index in [-0.39, 0.29) is 0 Å². The van der Waals surface area contributed by atoms with Crippen LogP contribution in [0, 0.1) is 0 Å². The summed E-state index contributed by atoms with van der Waals surface area (Å²) in [5, 5.41) is 7.72. The molecule has 3 rings (SSSR count). The van der Waals surface area contributed by atoms with E-state index in [1.54, 1.807) is 10.8 Å². The van der Waals surface area contributed by atoms with Gasteiger partial charge in [0.25, 0.3) is 0 Å². The molecule has 6 heteroatoms. The predicted octanol–water partition coefficient (Wildman–Crippen LogP) is 1.96. The molecule has 3 aromatic rings. The van der Waals surface area contributed by atoms with Gasteiger partial charge in [-0.25, -0.2) is 9.50 Å². The zero-order valence-corrected chi connectivity index (χ0v) is 11.6. The molecule has 0 aliphatic rings. The van der Waals surface area contributed by atoms with Gasteiger partial charge in [0.2, 0.25) is 0 Å². The lowest BCUT2D eigenvalue weighted by molar-refractivity contribution is 0.425. The number of aromatic nitrogens is 3. The maximum absolute atomic E-state index is 5.35. The molecule has 0 aliphatic carbocycles. The standard InChI is InChI=1S/C14H17N5O/c1-18(2)8-6-15-13-5-7-19-14(16-13)10-11(17-19)12-4-3-9-20-12/h3-5,7,9-10H,6,8H2,1-2H3,(H,15,16). The molecule has 0 unspecified atom stereocenters. The zero-order chi connectivity index (χ0) is 13.9. The molecule has 0 atom stereocenters. The molecular formula is C14H17N5O. The molecule has 0 amide bonds. The molecule has 0 aromatic carbocycles. The summed E-state index contributed by atoms with van der Waals surface area (Å²) in [6, 6.07) is 7.57. The predicted molar refractivity (Wildman–Crippen MR) is 77.7 cm³/mol. The van der Waals surface area contributed by atoms with Gasteiger partial charge in [0, 0.05) is 25.4 Å². The Bertz CT molecular complexity index is 687. The third-order valence-corrected chi connectivity index (χ3v) is 2.96. The molecule has 6 nitrogen and oxygen atoms in total. The Balaban J connectivity index is 1.80. The fourth-order valence-electron chi connectivity index (χ4n) is 1.93. The molecule has 0 bridgehead atoms. The Morgan fingerprint density at radius 1 is 1.35 bits per heavy atom. The Morgan fingerprint density at radius 2 is 2.25 bits per heavy atom. The number of likely N-dealkylation sites (N-methyl/N-ethyl adjacent to an activating group) is 1. The van der Waals surface area contributed by atoms with E-state index in [1.165, 1.54) is 0 Å². The van der Waals surface area contributed by atoms with Crippen LogP contribution in [0.15, 0.2) is 41.1 Å². The first kappa shape index (κ1) is 12.7. The third-order valence-electron chi connectivity index (χ3n) is 2.96. The number of furan rings is 1. The second kappa shape index (κ2) is 5.34. The normalized spacial score (nSPS) is 11.3. The largest absolute Gasteiger partial charge is 0.463 e. The van der Waals surface area contributed by atoms with Gasteiger partial charge in [-0.2, -0.15) is 5.10 Å². The van der Waals surface area contributed by atoms with Crippen molar-refractivity contribution in [1.29, 1.82) is 0 Å². The van der Waals surface area contributed by atoms with Crippen LogP contribution in [0.4, 0.5) is 5.82 Å². The number of rotatable bonds is 5. The van der Waals surface area contributed by atoms with Crippen molar-refractivity contribution in [3.05, 3.63) is 36.7 Å². The van der Waals surface area contributed by atoms with Crippen molar-refractivity contribution in [3.63, 3.8) is 0 Å². The van der Waals surface area contributed by atoms with Crippen molar-refractivity contribution in [1.82, 2.24) is 19.5 Å². The fraction of sp³-hybridized carbons (Fsp3) is 0.286. The number of nitrogens with zero attached hydrogens (tertiary/aromatic N) is 4. The van der Waals surface area contributed by atoms with E-state index >= 15 is 0 Å². The van der Waals surface area contributed by atoms with Crippen LogP contribution in [0.2, 0.25) is 0 Å². The van der Waals surface area contributed by atoms with E-state index in [9.17, 15) is 0 Å². The van der Waals surface area contributed by atoms with Gasteiger partial charge in [0.05, 0.1) is 6.26 Å². The van der Waals surface area contributed by atoms with Crippen molar-refractivity contribution >= 4 is 11.5 Å². The van der Waals surface area contributed by atoms with Gasteiger partial charge >= 0.3 is 0 Å². The molecule has 0 fully saturated rings. The third kappa shape index (κ3) is 2.65. The maximum Gasteiger partial charge on any atom is 0.158 e. The molecule has 20 heavy (non-hydrogen) atoms. The van der Waals surface area contributed by atoms with Crippen molar-refractivity contribution in [3.8, 4) is 11.5 Å². The molecule has 3 aromatic heterocycles. The molecule has 3 heterocycles. The molecule has 1 N–H and O–H groups in total. The average molecular weight is 271 g/mol. The lowest BCUT2D eigenvalue weighted by Crippen LogP contribution is -2.21. The SMILES string of the molecule is CN(C)CCNc1ccn2nc(-c3ccco3)cc2n1. The summed E-state index contributed by atoms with van der Waals surface area (Å²) in [5.41, 5.74) is 1.58. The molecule has 0 spiro atoms. The van der Waals surface area contributed by atoms with E-state index in [1.807, 2.05) is 44.6 Å². The van der Waals surface area contributed by atoms with Crippen LogP contribution in [0.25, 0.3) is 17.1 Å².